The van der Waals surface area contributed by atoms with Crippen molar-refractivity contribution >= 4 is 23.7 Å². The number of thioether (sulfide) groups is 1. The van der Waals surface area contributed by atoms with E-state index in [2.05, 4.69) is 6.92 Å². The Hall–Kier alpha value is -0.710. The number of carbonyl (C=O) groups excluding carboxylic acids is 2. The van der Waals surface area contributed by atoms with Crippen LogP contribution in [0.3, 0.4) is 0 Å². The van der Waals surface area contributed by atoms with Crippen molar-refractivity contribution in [2.24, 2.45) is 35.5 Å². The van der Waals surface area contributed by atoms with Crippen LogP contribution in [0.5, 0.6) is 0 Å². The van der Waals surface area contributed by atoms with Gasteiger partial charge in [-0.2, -0.15) is 0 Å². The second-order valence-electron chi connectivity index (χ2n) is 8.03. The lowest BCUT2D eigenvalue weighted by Gasteiger charge is -2.61. The van der Waals surface area contributed by atoms with Gasteiger partial charge < -0.3 is 9.47 Å². The topological polar surface area (TPSA) is 52.6 Å². The molecule has 5 fully saturated rings. The molecule has 1 spiro atoms. The van der Waals surface area contributed by atoms with E-state index in [1.54, 1.807) is 0 Å². The first-order valence-corrected chi connectivity index (χ1v) is 9.72. The maximum absolute atomic E-state index is 12.7. The Morgan fingerprint density at radius 3 is 1.91 bits per heavy atom. The highest BCUT2D eigenvalue weighted by Crippen LogP contribution is 2.70. The first-order chi connectivity index (χ1) is 11.0. The van der Waals surface area contributed by atoms with Crippen LogP contribution in [0.1, 0.15) is 39.0 Å². The van der Waals surface area contributed by atoms with Gasteiger partial charge in [-0.15, -0.1) is 11.8 Å². The number of hydrogen-bond donors (Lipinski definition) is 0. The van der Waals surface area contributed by atoms with Gasteiger partial charge in [0.25, 0.3) is 0 Å². The van der Waals surface area contributed by atoms with Crippen molar-refractivity contribution in [1.82, 2.24) is 0 Å². The normalized spacial score (nSPS) is 50.3. The first kappa shape index (κ1) is 15.8. The molecule has 0 N–H and O–H groups in total. The predicted molar refractivity (Wildman–Crippen MR) is 87.8 cm³/mol. The van der Waals surface area contributed by atoms with Gasteiger partial charge in [0.2, 0.25) is 0 Å². The Kier molecular flexibility index (Phi) is 3.71. The first-order valence-electron chi connectivity index (χ1n) is 8.84. The highest BCUT2D eigenvalue weighted by atomic mass is 32.2. The number of hydrogen-bond acceptors (Lipinski definition) is 5. The van der Waals surface area contributed by atoms with Crippen LogP contribution in [-0.2, 0) is 19.1 Å². The summed E-state index contributed by atoms with van der Waals surface area (Å²) in [6.07, 6.45) is 6.30. The second-order valence-corrected chi connectivity index (χ2v) is 9.72. The third-order valence-corrected chi connectivity index (χ3v) is 9.08. The van der Waals surface area contributed by atoms with Gasteiger partial charge in [0.1, 0.15) is 0 Å². The molecule has 4 bridgehead atoms. The van der Waals surface area contributed by atoms with Crippen molar-refractivity contribution in [3.05, 3.63) is 0 Å². The van der Waals surface area contributed by atoms with E-state index >= 15 is 0 Å². The molecular weight excluding hydrogens is 312 g/mol. The van der Waals surface area contributed by atoms with Gasteiger partial charge in [-0.3, -0.25) is 9.59 Å². The molecule has 1 heterocycles. The van der Waals surface area contributed by atoms with Crippen LogP contribution >= 0.6 is 11.8 Å². The van der Waals surface area contributed by atoms with Gasteiger partial charge in [-0.25, -0.2) is 0 Å². The van der Waals surface area contributed by atoms with Gasteiger partial charge in [0.15, 0.2) is 0 Å². The molecule has 0 aromatic carbocycles. The van der Waals surface area contributed by atoms with Crippen LogP contribution in [0.25, 0.3) is 0 Å². The summed E-state index contributed by atoms with van der Waals surface area (Å²) in [5, 5.41) is 0.115. The summed E-state index contributed by atoms with van der Waals surface area (Å²) < 4.78 is 10.1. The van der Waals surface area contributed by atoms with Crippen molar-refractivity contribution in [1.29, 1.82) is 0 Å². The summed E-state index contributed by atoms with van der Waals surface area (Å²) in [6, 6.07) is 0. The number of ether oxygens (including phenoxy) is 2. The minimum Gasteiger partial charge on any atom is -0.469 e. The molecule has 5 heteroatoms. The molecule has 1 saturated heterocycles. The Labute approximate surface area is 142 Å². The van der Waals surface area contributed by atoms with Crippen LogP contribution in [0.4, 0.5) is 0 Å². The zero-order valence-electron chi connectivity index (χ0n) is 14.1. The Bertz CT molecular complexity index is 503. The molecule has 1 aliphatic heterocycles. The molecular formula is C18H26O4S. The molecule has 4 nitrogen and oxygen atoms in total. The van der Waals surface area contributed by atoms with Gasteiger partial charge in [0, 0.05) is 10.00 Å². The maximum Gasteiger partial charge on any atom is 0.311 e. The number of rotatable bonds is 2. The second kappa shape index (κ2) is 5.40. The lowest BCUT2D eigenvalue weighted by atomic mass is 9.48. The molecule has 5 aliphatic rings. The van der Waals surface area contributed by atoms with Gasteiger partial charge >= 0.3 is 11.9 Å². The number of esters is 2. The van der Waals surface area contributed by atoms with Crippen molar-refractivity contribution in [2.75, 3.05) is 14.2 Å². The minimum atomic E-state index is -0.366. The minimum absolute atomic E-state index is 0.0984. The van der Waals surface area contributed by atoms with E-state index in [0.29, 0.717) is 11.8 Å². The standard InChI is InChI=1S/C18H26O4S/c1-9-14(16(19)21-2)15(17(20)22-3)18(23-9)12-5-10-4-11(7-12)8-13(18)6-10/h9-15H,4-8H2,1-3H3/t9-,10?,11?,12?,13?,14-,15-,18?/m1/s1. The molecule has 0 aromatic heterocycles. The average molecular weight is 338 g/mol. The molecule has 128 valence electrons. The van der Waals surface area contributed by atoms with E-state index in [4.69, 9.17) is 9.47 Å². The van der Waals surface area contributed by atoms with Crippen molar-refractivity contribution < 1.29 is 19.1 Å². The zero-order chi connectivity index (χ0) is 16.4. The van der Waals surface area contributed by atoms with Crippen LogP contribution in [0, 0.1) is 35.5 Å². The van der Waals surface area contributed by atoms with E-state index in [9.17, 15) is 9.59 Å². The molecule has 0 amide bonds. The van der Waals surface area contributed by atoms with Gasteiger partial charge in [-0.05, 0) is 55.8 Å². The Morgan fingerprint density at radius 1 is 0.913 bits per heavy atom. The molecule has 3 atom stereocenters. The van der Waals surface area contributed by atoms with Gasteiger partial charge in [0.05, 0.1) is 26.1 Å². The zero-order valence-corrected chi connectivity index (χ0v) is 14.9. The summed E-state index contributed by atoms with van der Waals surface area (Å²) in [5.74, 6) is 1.65. The quantitative estimate of drug-likeness (QED) is 0.725. The van der Waals surface area contributed by atoms with E-state index < -0.39 is 0 Å². The summed E-state index contributed by atoms with van der Waals surface area (Å²) in [5.41, 5.74) is 0. The van der Waals surface area contributed by atoms with Crippen LogP contribution in [-0.4, -0.2) is 36.2 Å². The largest absolute Gasteiger partial charge is 0.469 e. The highest BCUT2D eigenvalue weighted by Gasteiger charge is 2.69. The molecule has 0 radical (unpaired) electrons. The van der Waals surface area contributed by atoms with Crippen LogP contribution < -0.4 is 0 Å². The van der Waals surface area contributed by atoms with Gasteiger partial charge in [-0.1, -0.05) is 6.92 Å². The van der Waals surface area contributed by atoms with Crippen molar-refractivity contribution in [2.45, 2.75) is 49.0 Å². The fourth-order valence-corrected chi connectivity index (χ4v) is 8.78. The molecule has 5 rings (SSSR count). The van der Waals surface area contributed by atoms with E-state index in [1.807, 2.05) is 11.8 Å². The van der Waals surface area contributed by atoms with Crippen LogP contribution in [0.2, 0.25) is 0 Å². The predicted octanol–water partition coefficient (Wildman–Crippen LogP) is 2.90. The van der Waals surface area contributed by atoms with Crippen molar-refractivity contribution in [3.63, 3.8) is 0 Å². The summed E-state index contributed by atoms with van der Waals surface area (Å²) in [4.78, 5) is 25.2. The summed E-state index contributed by atoms with van der Waals surface area (Å²) >= 11 is 1.91. The molecule has 4 saturated carbocycles. The molecule has 0 unspecified atom stereocenters. The number of carbonyl (C=O) groups is 2. The smallest absolute Gasteiger partial charge is 0.311 e. The molecule has 23 heavy (non-hydrogen) atoms. The fourth-order valence-electron chi connectivity index (χ4n) is 6.56. The third-order valence-electron chi connectivity index (χ3n) is 7.08. The highest BCUT2D eigenvalue weighted by molar-refractivity contribution is 8.01. The van der Waals surface area contributed by atoms with E-state index in [1.165, 1.54) is 46.3 Å². The lowest BCUT2D eigenvalue weighted by Crippen LogP contribution is -2.60. The third kappa shape index (κ3) is 2.04. The fraction of sp³-hybridized carbons (Fsp3) is 0.889. The average Bonchev–Trinajstić information content (AvgIpc) is 2.84. The number of methoxy groups -OCH3 is 2. The summed E-state index contributed by atoms with van der Waals surface area (Å²) in [6.45, 7) is 2.09. The van der Waals surface area contributed by atoms with Crippen molar-refractivity contribution in [3.8, 4) is 0 Å². The van der Waals surface area contributed by atoms with E-state index in [-0.39, 0.29) is 33.8 Å². The van der Waals surface area contributed by atoms with Crippen LogP contribution in [0.15, 0.2) is 0 Å². The van der Waals surface area contributed by atoms with E-state index in [0.717, 1.165) is 11.8 Å². The Balaban J connectivity index is 1.77. The monoisotopic (exact) mass is 338 g/mol. The Morgan fingerprint density at radius 2 is 1.43 bits per heavy atom. The molecule has 0 aromatic rings. The maximum atomic E-state index is 12.7. The molecule has 4 aliphatic carbocycles. The summed E-state index contributed by atoms with van der Waals surface area (Å²) in [7, 11) is 2.88. The lowest BCUT2D eigenvalue weighted by molar-refractivity contribution is -0.163. The SMILES string of the molecule is COC(=O)[C@@H]1[C@@H](C)SC2(C3CC4CC(C3)CC2C4)[C@H]1C(=O)OC.